The maximum atomic E-state index is 5.17. The summed E-state index contributed by atoms with van der Waals surface area (Å²) in [6, 6.07) is 13.1. The van der Waals surface area contributed by atoms with Crippen LogP contribution in [-0.4, -0.2) is 6.54 Å². The van der Waals surface area contributed by atoms with Crippen LogP contribution in [0.5, 0.6) is 0 Å². The smallest absolute Gasteiger partial charge is 0.0950 e. The average Bonchev–Trinajstić information content (AvgIpc) is 2.93. The van der Waals surface area contributed by atoms with Gasteiger partial charge in [0.1, 0.15) is 0 Å². The zero-order chi connectivity index (χ0) is 12.6. The van der Waals surface area contributed by atoms with Crippen molar-refractivity contribution in [2.45, 2.75) is 32.2 Å². The van der Waals surface area contributed by atoms with Gasteiger partial charge in [0.25, 0.3) is 0 Å². The van der Waals surface area contributed by atoms with Crippen LogP contribution in [-0.2, 0) is 6.42 Å². The molecular weight excluding hydrogens is 222 g/mol. The highest BCUT2D eigenvalue weighted by Crippen LogP contribution is 2.20. The van der Waals surface area contributed by atoms with Gasteiger partial charge >= 0.3 is 0 Å². The van der Waals surface area contributed by atoms with E-state index in [9.17, 15) is 0 Å². The molecule has 18 heavy (non-hydrogen) atoms. The van der Waals surface area contributed by atoms with Gasteiger partial charge in [0, 0.05) is 11.6 Å². The number of aryl methyl sites for hydroxylation is 1. The first kappa shape index (κ1) is 12.9. The van der Waals surface area contributed by atoms with Gasteiger partial charge in [-0.15, -0.1) is 0 Å². The largest absolute Gasteiger partial charge is 0.472 e. The molecule has 1 aromatic heterocycles. The molecule has 2 rings (SSSR count). The van der Waals surface area contributed by atoms with Crippen molar-refractivity contribution in [1.29, 1.82) is 0 Å². The standard InChI is InChI=1S/C16H21NO/c1-2-17-16(15-11-12-18-13-15)10-6-9-14-7-4-3-5-8-14/h3-5,7-8,11-13,16-17H,2,6,9-10H2,1H3. The zero-order valence-electron chi connectivity index (χ0n) is 10.9. The van der Waals surface area contributed by atoms with E-state index in [0.29, 0.717) is 6.04 Å². The highest BCUT2D eigenvalue weighted by Gasteiger charge is 2.10. The number of rotatable bonds is 7. The molecule has 0 radical (unpaired) electrons. The first-order valence-electron chi connectivity index (χ1n) is 6.69. The van der Waals surface area contributed by atoms with E-state index < -0.39 is 0 Å². The Labute approximate surface area is 109 Å². The van der Waals surface area contributed by atoms with Crippen molar-refractivity contribution in [3.63, 3.8) is 0 Å². The van der Waals surface area contributed by atoms with Crippen molar-refractivity contribution in [3.8, 4) is 0 Å². The summed E-state index contributed by atoms with van der Waals surface area (Å²) in [5, 5.41) is 3.51. The lowest BCUT2D eigenvalue weighted by molar-refractivity contribution is 0.487. The third kappa shape index (κ3) is 3.74. The second kappa shape index (κ2) is 7.02. The van der Waals surface area contributed by atoms with E-state index in [1.165, 1.54) is 17.5 Å². The van der Waals surface area contributed by atoms with E-state index in [-0.39, 0.29) is 0 Å². The molecule has 0 bridgehead atoms. The Balaban J connectivity index is 1.83. The molecule has 0 saturated heterocycles. The summed E-state index contributed by atoms with van der Waals surface area (Å²) >= 11 is 0. The fourth-order valence-corrected chi connectivity index (χ4v) is 2.26. The van der Waals surface area contributed by atoms with Crippen LogP contribution in [0.4, 0.5) is 0 Å². The lowest BCUT2D eigenvalue weighted by atomic mass is 10.0. The fraction of sp³-hybridized carbons (Fsp3) is 0.375. The first-order chi connectivity index (χ1) is 8.90. The number of benzene rings is 1. The Morgan fingerprint density at radius 1 is 1.17 bits per heavy atom. The van der Waals surface area contributed by atoms with Crippen LogP contribution in [0.25, 0.3) is 0 Å². The SMILES string of the molecule is CCNC(CCCc1ccccc1)c1ccoc1. The molecule has 0 amide bonds. The van der Waals surface area contributed by atoms with Crippen LogP contribution in [0, 0.1) is 0 Å². The van der Waals surface area contributed by atoms with Crippen molar-refractivity contribution in [2.75, 3.05) is 6.54 Å². The number of hydrogen-bond donors (Lipinski definition) is 1. The minimum atomic E-state index is 0.414. The molecule has 1 atom stereocenters. The monoisotopic (exact) mass is 243 g/mol. The number of hydrogen-bond acceptors (Lipinski definition) is 2. The lowest BCUT2D eigenvalue weighted by Crippen LogP contribution is -2.20. The highest BCUT2D eigenvalue weighted by atomic mass is 16.3. The molecule has 0 spiro atoms. The molecule has 0 aliphatic carbocycles. The van der Waals surface area contributed by atoms with Crippen molar-refractivity contribution >= 4 is 0 Å². The van der Waals surface area contributed by atoms with E-state index in [0.717, 1.165) is 19.4 Å². The average molecular weight is 243 g/mol. The quantitative estimate of drug-likeness (QED) is 0.796. The Hall–Kier alpha value is -1.54. The van der Waals surface area contributed by atoms with E-state index in [1.54, 1.807) is 6.26 Å². The molecule has 1 aromatic carbocycles. The molecule has 2 aromatic rings. The highest BCUT2D eigenvalue weighted by molar-refractivity contribution is 5.15. The summed E-state index contributed by atoms with van der Waals surface area (Å²) in [7, 11) is 0. The van der Waals surface area contributed by atoms with Gasteiger partial charge in [-0.25, -0.2) is 0 Å². The van der Waals surface area contributed by atoms with Gasteiger partial charge in [0.2, 0.25) is 0 Å². The van der Waals surface area contributed by atoms with E-state index in [2.05, 4.69) is 48.6 Å². The first-order valence-corrected chi connectivity index (χ1v) is 6.69. The van der Waals surface area contributed by atoms with Crippen LogP contribution >= 0.6 is 0 Å². The molecule has 1 heterocycles. The van der Waals surface area contributed by atoms with Crippen LogP contribution in [0.15, 0.2) is 53.3 Å². The van der Waals surface area contributed by atoms with E-state index in [1.807, 2.05) is 6.26 Å². The maximum Gasteiger partial charge on any atom is 0.0950 e. The minimum Gasteiger partial charge on any atom is -0.472 e. The third-order valence-corrected chi connectivity index (χ3v) is 3.20. The number of furan rings is 1. The van der Waals surface area contributed by atoms with Crippen LogP contribution in [0.3, 0.4) is 0 Å². The maximum absolute atomic E-state index is 5.17. The Bertz CT molecular complexity index is 422. The van der Waals surface area contributed by atoms with Crippen molar-refractivity contribution < 1.29 is 4.42 Å². The molecule has 0 aliphatic heterocycles. The van der Waals surface area contributed by atoms with Crippen molar-refractivity contribution in [2.24, 2.45) is 0 Å². The summed E-state index contributed by atoms with van der Waals surface area (Å²) in [6.45, 7) is 3.13. The predicted molar refractivity (Wildman–Crippen MR) is 74.5 cm³/mol. The van der Waals surface area contributed by atoms with Gasteiger partial charge in [0.05, 0.1) is 12.5 Å². The normalized spacial score (nSPS) is 12.5. The predicted octanol–water partition coefficient (Wildman–Crippen LogP) is 3.95. The Morgan fingerprint density at radius 3 is 2.67 bits per heavy atom. The molecule has 0 aliphatic rings. The molecule has 2 nitrogen and oxygen atoms in total. The zero-order valence-corrected chi connectivity index (χ0v) is 10.9. The summed E-state index contributed by atoms with van der Waals surface area (Å²) in [5.41, 5.74) is 2.67. The van der Waals surface area contributed by atoms with Gasteiger partial charge in [0.15, 0.2) is 0 Å². The Morgan fingerprint density at radius 2 is 2.00 bits per heavy atom. The van der Waals surface area contributed by atoms with Gasteiger partial charge in [-0.3, -0.25) is 0 Å². The van der Waals surface area contributed by atoms with Gasteiger partial charge in [-0.1, -0.05) is 37.3 Å². The van der Waals surface area contributed by atoms with E-state index in [4.69, 9.17) is 4.42 Å². The van der Waals surface area contributed by atoms with Crippen LogP contribution in [0.2, 0.25) is 0 Å². The summed E-state index contributed by atoms with van der Waals surface area (Å²) in [5.74, 6) is 0. The summed E-state index contributed by atoms with van der Waals surface area (Å²) < 4.78 is 5.17. The third-order valence-electron chi connectivity index (χ3n) is 3.20. The number of nitrogens with one attached hydrogen (secondary N) is 1. The molecular formula is C16H21NO. The second-order valence-electron chi connectivity index (χ2n) is 4.54. The summed E-state index contributed by atoms with van der Waals surface area (Å²) in [4.78, 5) is 0. The fourth-order valence-electron chi connectivity index (χ4n) is 2.26. The topological polar surface area (TPSA) is 25.2 Å². The van der Waals surface area contributed by atoms with E-state index >= 15 is 0 Å². The molecule has 0 saturated carbocycles. The van der Waals surface area contributed by atoms with Crippen molar-refractivity contribution in [1.82, 2.24) is 5.32 Å². The molecule has 0 fully saturated rings. The van der Waals surface area contributed by atoms with Gasteiger partial charge < -0.3 is 9.73 Å². The van der Waals surface area contributed by atoms with Crippen LogP contribution < -0.4 is 5.32 Å². The van der Waals surface area contributed by atoms with Crippen LogP contribution in [0.1, 0.15) is 36.9 Å². The summed E-state index contributed by atoms with van der Waals surface area (Å²) in [6.07, 6.45) is 7.06. The van der Waals surface area contributed by atoms with Gasteiger partial charge in [-0.05, 0) is 37.4 Å². The van der Waals surface area contributed by atoms with Crippen molar-refractivity contribution in [3.05, 3.63) is 60.1 Å². The second-order valence-corrected chi connectivity index (χ2v) is 4.54. The molecule has 96 valence electrons. The molecule has 1 N–H and O–H groups in total. The Kier molecular flexibility index (Phi) is 5.03. The molecule has 2 heteroatoms. The lowest BCUT2D eigenvalue weighted by Gasteiger charge is -2.16. The molecule has 1 unspecified atom stereocenters. The minimum absolute atomic E-state index is 0.414. The van der Waals surface area contributed by atoms with Gasteiger partial charge in [-0.2, -0.15) is 0 Å².